The summed E-state index contributed by atoms with van der Waals surface area (Å²) in [5, 5.41) is 7.58. The van der Waals surface area contributed by atoms with Crippen molar-refractivity contribution in [2.45, 2.75) is 36.6 Å². The van der Waals surface area contributed by atoms with E-state index in [9.17, 15) is 9.59 Å². The summed E-state index contributed by atoms with van der Waals surface area (Å²) in [6, 6.07) is 6.59. The Morgan fingerprint density at radius 3 is 2.75 bits per heavy atom. The van der Waals surface area contributed by atoms with Crippen LogP contribution in [0, 0.1) is 6.92 Å². The molecule has 0 radical (unpaired) electrons. The van der Waals surface area contributed by atoms with E-state index in [1.165, 1.54) is 16.7 Å². The number of hydrogen-bond donors (Lipinski definition) is 1. The van der Waals surface area contributed by atoms with E-state index < -0.39 is 0 Å². The normalized spacial score (nSPS) is 18.5. The predicted octanol–water partition coefficient (Wildman–Crippen LogP) is 3.08. The summed E-state index contributed by atoms with van der Waals surface area (Å²) in [6.45, 7) is 2.24. The second-order valence-corrected chi connectivity index (χ2v) is 7.21. The topological polar surface area (TPSA) is 79.0 Å². The lowest BCUT2D eigenvalue weighted by molar-refractivity contribution is -0.127. The molecular formula is C16H17ClN4O2S. The number of carbonyl (C=O) groups excluding carboxylic acids is 2. The summed E-state index contributed by atoms with van der Waals surface area (Å²) in [4.78, 5) is 31.1. The Morgan fingerprint density at radius 1 is 1.33 bits per heavy atom. The molecule has 8 heteroatoms. The SMILES string of the molecule is Cc1nc(S[C@H]2CCCCN(C(=O)c3ccc(Cl)cc3)C2=O)n[nH]1. The molecule has 1 saturated heterocycles. The molecule has 1 N–H and O–H groups in total. The maximum absolute atomic E-state index is 12.8. The molecule has 1 aromatic heterocycles. The molecule has 24 heavy (non-hydrogen) atoms. The number of aromatic amines is 1. The summed E-state index contributed by atoms with van der Waals surface area (Å²) < 4.78 is 0. The van der Waals surface area contributed by atoms with Crippen molar-refractivity contribution in [3.8, 4) is 0 Å². The van der Waals surface area contributed by atoms with Gasteiger partial charge in [-0.1, -0.05) is 29.8 Å². The number of imide groups is 1. The van der Waals surface area contributed by atoms with Crippen molar-refractivity contribution in [1.82, 2.24) is 20.1 Å². The minimum Gasteiger partial charge on any atom is -0.278 e. The molecule has 1 aromatic carbocycles. The first-order valence-corrected chi connectivity index (χ1v) is 8.97. The Morgan fingerprint density at radius 2 is 2.08 bits per heavy atom. The van der Waals surface area contributed by atoms with Gasteiger partial charge in [-0.3, -0.25) is 19.6 Å². The summed E-state index contributed by atoms with van der Waals surface area (Å²) >= 11 is 7.17. The molecule has 0 spiro atoms. The molecule has 1 aliphatic rings. The number of nitrogens with zero attached hydrogens (tertiary/aromatic N) is 3. The molecule has 2 aromatic rings. The van der Waals surface area contributed by atoms with Crippen LogP contribution in [0.3, 0.4) is 0 Å². The quantitative estimate of drug-likeness (QED) is 0.846. The first kappa shape index (κ1) is 17.0. The highest BCUT2D eigenvalue weighted by Gasteiger charge is 2.32. The van der Waals surface area contributed by atoms with Crippen molar-refractivity contribution in [2.75, 3.05) is 6.54 Å². The van der Waals surface area contributed by atoms with Crippen molar-refractivity contribution < 1.29 is 9.59 Å². The molecule has 0 aliphatic carbocycles. The number of benzene rings is 1. The van der Waals surface area contributed by atoms with Gasteiger partial charge in [0, 0.05) is 17.1 Å². The maximum atomic E-state index is 12.8. The number of nitrogens with one attached hydrogen (secondary N) is 1. The highest BCUT2D eigenvalue weighted by Crippen LogP contribution is 2.28. The van der Waals surface area contributed by atoms with E-state index in [-0.39, 0.29) is 17.1 Å². The largest absolute Gasteiger partial charge is 0.278 e. The zero-order chi connectivity index (χ0) is 17.1. The first-order chi connectivity index (χ1) is 11.5. The van der Waals surface area contributed by atoms with Gasteiger partial charge in [0.1, 0.15) is 5.82 Å². The minimum absolute atomic E-state index is 0.181. The van der Waals surface area contributed by atoms with E-state index in [1.54, 1.807) is 24.3 Å². The van der Waals surface area contributed by atoms with E-state index >= 15 is 0 Å². The Kier molecular flexibility index (Phi) is 5.20. The predicted molar refractivity (Wildman–Crippen MR) is 92.1 cm³/mol. The average molecular weight is 365 g/mol. The lowest BCUT2D eigenvalue weighted by Gasteiger charge is -2.21. The van der Waals surface area contributed by atoms with E-state index in [0.717, 1.165) is 12.8 Å². The molecule has 3 rings (SSSR count). The Labute approximate surface area is 149 Å². The van der Waals surface area contributed by atoms with Crippen LogP contribution < -0.4 is 0 Å². The molecule has 1 aliphatic heterocycles. The smallest absolute Gasteiger partial charge is 0.260 e. The average Bonchev–Trinajstić information content (AvgIpc) is 2.89. The highest BCUT2D eigenvalue weighted by molar-refractivity contribution is 8.00. The number of likely N-dealkylation sites (tertiary alicyclic amines) is 1. The van der Waals surface area contributed by atoms with Gasteiger partial charge in [-0.25, -0.2) is 4.98 Å². The molecule has 0 bridgehead atoms. The molecule has 2 amide bonds. The summed E-state index contributed by atoms with van der Waals surface area (Å²) in [7, 11) is 0. The fourth-order valence-electron chi connectivity index (χ4n) is 2.57. The maximum Gasteiger partial charge on any atom is 0.260 e. The molecule has 6 nitrogen and oxygen atoms in total. The third-order valence-electron chi connectivity index (χ3n) is 3.80. The standard InChI is InChI=1S/C16H17ClN4O2S/c1-10-18-16(20-19-10)24-13-4-2-3-9-21(15(13)23)14(22)11-5-7-12(17)8-6-11/h5-8,13H,2-4,9H2,1H3,(H,18,19,20)/t13-/m0/s1. The number of halogens is 1. The van der Waals surface area contributed by atoms with Crippen molar-refractivity contribution in [3.63, 3.8) is 0 Å². The van der Waals surface area contributed by atoms with Crippen LogP contribution in [-0.4, -0.2) is 43.7 Å². The van der Waals surface area contributed by atoms with Crippen LogP contribution >= 0.6 is 23.4 Å². The van der Waals surface area contributed by atoms with Crippen molar-refractivity contribution in [2.24, 2.45) is 0 Å². The number of thioether (sulfide) groups is 1. The van der Waals surface area contributed by atoms with E-state index in [4.69, 9.17) is 11.6 Å². The Bertz CT molecular complexity index is 747. The zero-order valence-electron chi connectivity index (χ0n) is 13.2. The van der Waals surface area contributed by atoms with Crippen LogP contribution in [0.4, 0.5) is 0 Å². The lowest BCUT2D eigenvalue weighted by atomic mass is 10.2. The molecule has 1 fully saturated rings. The van der Waals surface area contributed by atoms with Crippen molar-refractivity contribution in [3.05, 3.63) is 40.7 Å². The summed E-state index contributed by atoms with van der Waals surface area (Å²) in [5.41, 5.74) is 0.465. The van der Waals surface area contributed by atoms with Crippen LogP contribution in [0.1, 0.15) is 35.4 Å². The molecule has 1 atom stereocenters. The number of amides is 2. The molecule has 0 saturated carbocycles. The van der Waals surface area contributed by atoms with E-state index in [2.05, 4.69) is 15.2 Å². The third kappa shape index (κ3) is 3.79. The summed E-state index contributed by atoms with van der Waals surface area (Å²) in [6.07, 6.45) is 2.40. The molecule has 2 heterocycles. The van der Waals surface area contributed by atoms with Gasteiger partial charge in [0.15, 0.2) is 0 Å². The fraction of sp³-hybridized carbons (Fsp3) is 0.375. The van der Waals surface area contributed by atoms with Crippen LogP contribution in [0.15, 0.2) is 29.4 Å². The second-order valence-electron chi connectivity index (χ2n) is 5.61. The fourth-order valence-corrected chi connectivity index (χ4v) is 3.75. The molecule has 126 valence electrons. The van der Waals surface area contributed by atoms with Crippen LogP contribution in [0.5, 0.6) is 0 Å². The second kappa shape index (κ2) is 7.36. The number of aryl methyl sites for hydroxylation is 1. The van der Waals surface area contributed by atoms with Gasteiger partial charge >= 0.3 is 0 Å². The van der Waals surface area contributed by atoms with Crippen molar-refractivity contribution in [1.29, 1.82) is 0 Å². The van der Waals surface area contributed by atoms with Gasteiger partial charge in [-0.2, -0.15) is 0 Å². The number of rotatable bonds is 3. The van der Waals surface area contributed by atoms with Gasteiger partial charge in [0.05, 0.1) is 5.25 Å². The number of aromatic nitrogens is 3. The summed E-state index contributed by atoms with van der Waals surface area (Å²) in [5.74, 6) is 0.239. The number of H-pyrrole nitrogens is 1. The van der Waals surface area contributed by atoms with Crippen molar-refractivity contribution >= 4 is 35.2 Å². The minimum atomic E-state index is -0.348. The zero-order valence-corrected chi connectivity index (χ0v) is 14.7. The van der Waals surface area contributed by atoms with Gasteiger partial charge in [0.25, 0.3) is 5.91 Å². The Balaban J connectivity index is 1.78. The molecular weight excluding hydrogens is 348 g/mol. The van der Waals surface area contributed by atoms with Crippen LogP contribution in [0.25, 0.3) is 0 Å². The van der Waals surface area contributed by atoms with Crippen LogP contribution in [0.2, 0.25) is 5.02 Å². The van der Waals surface area contributed by atoms with Gasteiger partial charge in [-0.15, -0.1) is 5.10 Å². The third-order valence-corrected chi connectivity index (χ3v) is 5.17. The van der Waals surface area contributed by atoms with E-state index in [0.29, 0.717) is 34.5 Å². The first-order valence-electron chi connectivity index (χ1n) is 7.71. The number of carbonyl (C=O) groups is 2. The van der Waals surface area contributed by atoms with E-state index in [1.807, 2.05) is 6.92 Å². The Hall–Kier alpha value is -1.86. The highest BCUT2D eigenvalue weighted by atomic mass is 35.5. The monoisotopic (exact) mass is 364 g/mol. The number of hydrogen-bond acceptors (Lipinski definition) is 5. The molecule has 0 unspecified atom stereocenters. The lowest BCUT2D eigenvalue weighted by Crippen LogP contribution is -2.41. The van der Waals surface area contributed by atoms with Crippen LogP contribution in [-0.2, 0) is 4.79 Å². The van der Waals surface area contributed by atoms with Gasteiger partial charge in [-0.05, 0) is 44.0 Å². The van der Waals surface area contributed by atoms with Gasteiger partial charge < -0.3 is 0 Å². The van der Waals surface area contributed by atoms with Gasteiger partial charge in [0.2, 0.25) is 11.1 Å².